The number of pyridine rings is 1. The van der Waals surface area contributed by atoms with Crippen molar-refractivity contribution in [2.24, 2.45) is 11.8 Å². The van der Waals surface area contributed by atoms with Crippen LogP contribution in [-0.4, -0.2) is 24.1 Å². The first-order valence-electron chi connectivity index (χ1n) is 8.56. The molecule has 0 spiro atoms. The molecule has 0 aliphatic heterocycles. The Morgan fingerprint density at radius 2 is 1.76 bits per heavy atom. The van der Waals surface area contributed by atoms with Crippen molar-refractivity contribution in [1.29, 1.82) is 0 Å². The SMILES string of the molecule is Cc1nc(N(CC2CC2)CC2CC2)ccc1CNC(C)C. The van der Waals surface area contributed by atoms with E-state index in [2.05, 4.69) is 43.1 Å². The highest BCUT2D eigenvalue weighted by atomic mass is 15.2. The number of aryl methyl sites for hydroxylation is 1. The van der Waals surface area contributed by atoms with Crippen LogP contribution in [0, 0.1) is 18.8 Å². The van der Waals surface area contributed by atoms with Crippen LogP contribution in [0.3, 0.4) is 0 Å². The van der Waals surface area contributed by atoms with Gasteiger partial charge in [0.15, 0.2) is 0 Å². The average Bonchev–Trinajstić information content (AvgIpc) is 3.31. The predicted molar refractivity (Wildman–Crippen MR) is 88.6 cm³/mol. The lowest BCUT2D eigenvalue weighted by atomic mass is 10.2. The normalized spacial score (nSPS) is 18.3. The van der Waals surface area contributed by atoms with Crippen molar-refractivity contribution in [2.45, 2.75) is 59.0 Å². The summed E-state index contributed by atoms with van der Waals surface area (Å²) >= 11 is 0. The van der Waals surface area contributed by atoms with Gasteiger partial charge < -0.3 is 10.2 Å². The highest BCUT2D eigenvalue weighted by molar-refractivity contribution is 5.42. The summed E-state index contributed by atoms with van der Waals surface area (Å²) in [5, 5.41) is 3.48. The van der Waals surface area contributed by atoms with Gasteiger partial charge >= 0.3 is 0 Å². The van der Waals surface area contributed by atoms with Crippen LogP contribution in [-0.2, 0) is 6.54 Å². The molecule has 116 valence electrons. The second kappa shape index (κ2) is 6.35. The molecule has 0 atom stereocenters. The van der Waals surface area contributed by atoms with E-state index in [9.17, 15) is 0 Å². The zero-order valence-corrected chi connectivity index (χ0v) is 13.7. The summed E-state index contributed by atoms with van der Waals surface area (Å²) in [6, 6.07) is 5.01. The Balaban J connectivity index is 1.68. The average molecular weight is 287 g/mol. The van der Waals surface area contributed by atoms with Gasteiger partial charge in [0.1, 0.15) is 5.82 Å². The molecule has 0 unspecified atom stereocenters. The minimum absolute atomic E-state index is 0.519. The maximum absolute atomic E-state index is 4.90. The van der Waals surface area contributed by atoms with Gasteiger partial charge in [-0.3, -0.25) is 0 Å². The molecule has 3 rings (SSSR count). The van der Waals surface area contributed by atoms with E-state index in [-0.39, 0.29) is 0 Å². The number of rotatable bonds is 8. The number of hydrogen-bond acceptors (Lipinski definition) is 3. The first-order valence-corrected chi connectivity index (χ1v) is 8.56. The van der Waals surface area contributed by atoms with Crippen LogP contribution in [0.2, 0.25) is 0 Å². The van der Waals surface area contributed by atoms with Gasteiger partial charge in [0, 0.05) is 31.4 Å². The molecule has 1 aromatic heterocycles. The fourth-order valence-corrected chi connectivity index (χ4v) is 2.74. The van der Waals surface area contributed by atoms with Gasteiger partial charge in [0.25, 0.3) is 0 Å². The van der Waals surface area contributed by atoms with Crippen LogP contribution < -0.4 is 10.2 Å². The second-order valence-electron chi connectivity index (χ2n) is 7.24. The molecular weight excluding hydrogens is 258 g/mol. The smallest absolute Gasteiger partial charge is 0.128 e. The highest BCUT2D eigenvalue weighted by Gasteiger charge is 2.29. The number of aromatic nitrogens is 1. The molecule has 1 heterocycles. The van der Waals surface area contributed by atoms with E-state index in [4.69, 9.17) is 4.98 Å². The van der Waals surface area contributed by atoms with Gasteiger partial charge in [0.05, 0.1) is 0 Å². The van der Waals surface area contributed by atoms with E-state index < -0.39 is 0 Å². The Labute approximate surface area is 129 Å². The van der Waals surface area contributed by atoms with Crippen molar-refractivity contribution in [1.82, 2.24) is 10.3 Å². The molecule has 2 aliphatic rings. The minimum Gasteiger partial charge on any atom is -0.356 e. The van der Waals surface area contributed by atoms with E-state index in [0.29, 0.717) is 6.04 Å². The zero-order chi connectivity index (χ0) is 14.8. The zero-order valence-electron chi connectivity index (χ0n) is 13.7. The van der Waals surface area contributed by atoms with E-state index in [1.54, 1.807) is 0 Å². The summed E-state index contributed by atoms with van der Waals surface area (Å²) in [6.07, 6.45) is 5.65. The van der Waals surface area contributed by atoms with E-state index >= 15 is 0 Å². The van der Waals surface area contributed by atoms with Crippen LogP contribution in [0.1, 0.15) is 50.8 Å². The molecule has 3 heteroatoms. The molecule has 0 bridgehead atoms. The third-order valence-corrected chi connectivity index (χ3v) is 4.56. The summed E-state index contributed by atoms with van der Waals surface area (Å²) in [5.74, 6) is 3.04. The maximum atomic E-state index is 4.90. The minimum atomic E-state index is 0.519. The third-order valence-electron chi connectivity index (χ3n) is 4.56. The monoisotopic (exact) mass is 287 g/mol. The molecule has 0 saturated heterocycles. The lowest BCUT2D eigenvalue weighted by Crippen LogP contribution is -2.29. The third kappa shape index (κ3) is 4.44. The van der Waals surface area contributed by atoms with Crippen LogP contribution in [0.15, 0.2) is 12.1 Å². The number of nitrogens with zero attached hydrogens (tertiary/aromatic N) is 2. The number of anilines is 1. The fraction of sp³-hybridized carbons (Fsp3) is 0.722. The lowest BCUT2D eigenvalue weighted by molar-refractivity contribution is 0.585. The van der Waals surface area contributed by atoms with Crippen molar-refractivity contribution in [2.75, 3.05) is 18.0 Å². The van der Waals surface area contributed by atoms with Crippen molar-refractivity contribution in [3.8, 4) is 0 Å². The Bertz CT molecular complexity index is 461. The predicted octanol–water partition coefficient (Wildman–Crippen LogP) is 3.51. The quantitative estimate of drug-likeness (QED) is 0.793. The van der Waals surface area contributed by atoms with Gasteiger partial charge in [-0.05, 0) is 56.1 Å². The largest absolute Gasteiger partial charge is 0.356 e. The molecule has 1 aromatic rings. The molecule has 1 N–H and O–H groups in total. The summed E-state index contributed by atoms with van der Waals surface area (Å²) in [5.41, 5.74) is 2.50. The van der Waals surface area contributed by atoms with Gasteiger partial charge in [0.2, 0.25) is 0 Å². The summed E-state index contributed by atoms with van der Waals surface area (Å²) in [6.45, 7) is 9.86. The van der Waals surface area contributed by atoms with Gasteiger partial charge in [-0.15, -0.1) is 0 Å². The van der Waals surface area contributed by atoms with Crippen molar-refractivity contribution < 1.29 is 0 Å². The fourth-order valence-electron chi connectivity index (χ4n) is 2.74. The summed E-state index contributed by atoms with van der Waals surface area (Å²) < 4.78 is 0. The Morgan fingerprint density at radius 1 is 1.14 bits per heavy atom. The Hall–Kier alpha value is -1.09. The topological polar surface area (TPSA) is 28.2 Å². The lowest BCUT2D eigenvalue weighted by Gasteiger charge is -2.24. The first-order chi connectivity index (χ1) is 10.1. The molecule has 3 nitrogen and oxygen atoms in total. The Kier molecular flexibility index (Phi) is 4.48. The van der Waals surface area contributed by atoms with E-state index in [1.165, 1.54) is 55.8 Å². The number of nitrogens with one attached hydrogen (secondary N) is 1. The van der Waals surface area contributed by atoms with Gasteiger partial charge in [-0.25, -0.2) is 4.98 Å². The van der Waals surface area contributed by atoms with Crippen LogP contribution >= 0.6 is 0 Å². The molecule has 2 fully saturated rings. The second-order valence-corrected chi connectivity index (χ2v) is 7.24. The van der Waals surface area contributed by atoms with Crippen molar-refractivity contribution in [3.63, 3.8) is 0 Å². The van der Waals surface area contributed by atoms with Crippen LogP contribution in [0.4, 0.5) is 5.82 Å². The highest BCUT2D eigenvalue weighted by Crippen LogP contribution is 2.35. The molecule has 0 radical (unpaired) electrons. The molecular formula is C18H29N3. The first kappa shape index (κ1) is 14.8. The van der Waals surface area contributed by atoms with Crippen LogP contribution in [0.25, 0.3) is 0 Å². The van der Waals surface area contributed by atoms with E-state index in [0.717, 1.165) is 18.4 Å². The van der Waals surface area contributed by atoms with Gasteiger partial charge in [-0.1, -0.05) is 19.9 Å². The van der Waals surface area contributed by atoms with Crippen LogP contribution in [0.5, 0.6) is 0 Å². The molecule has 2 aliphatic carbocycles. The summed E-state index contributed by atoms with van der Waals surface area (Å²) in [4.78, 5) is 7.44. The van der Waals surface area contributed by atoms with Crippen molar-refractivity contribution >= 4 is 5.82 Å². The number of hydrogen-bond donors (Lipinski definition) is 1. The molecule has 2 saturated carbocycles. The van der Waals surface area contributed by atoms with Crippen molar-refractivity contribution in [3.05, 3.63) is 23.4 Å². The summed E-state index contributed by atoms with van der Waals surface area (Å²) in [7, 11) is 0. The molecule has 21 heavy (non-hydrogen) atoms. The standard InChI is InChI=1S/C18H29N3/c1-13(2)19-10-17-8-9-18(20-14(17)3)21(11-15-4-5-15)12-16-6-7-16/h8-9,13,15-16,19H,4-7,10-12H2,1-3H3. The van der Waals surface area contributed by atoms with Gasteiger partial charge in [-0.2, -0.15) is 0 Å². The maximum Gasteiger partial charge on any atom is 0.128 e. The van der Waals surface area contributed by atoms with E-state index in [1.807, 2.05) is 0 Å². The Morgan fingerprint density at radius 3 is 2.24 bits per heavy atom. The molecule has 0 aromatic carbocycles. The molecule has 0 amide bonds.